The highest BCUT2D eigenvalue weighted by Crippen LogP contribution is 2.24. The summed E-state index contributed by atoms with van der Waals surface area (Å²) in [5.74, 6) is 0. The number of nitrogens with one attached hydrogen (secondary N) is 2. The number of carbonyl (C=O) groups excluding carboxylic acids is 1. The highest BCUT2D eigenvalue weighted by atomic mass is 32.1. The van der Waals surface area contributed by atoms with Crippen LogP contribution >= 0.6 is 11.5 Å². The van der Waals surface area contributed by atoms with E-state index in [0.717, 1.165) is 11.3 Å². The topological polar surface area (TPSA) is 77.8 Å². The average molecular weight is 286 g/mol. The molecule has 1 aromatic heterocycles. The molecule has 1 aromatic carbocycles. The Morgan fingerprint density at radius 3 is 2.90 bits per heavy atom. The third kappa shape index (κ3) is 3.80. The van der Waals surface area contributed by atoms with Gasteiger partial charge in [0.1, 0.15) is 5.00 Å². The molecule has 1 atom stereocenters. The number of urea groups is 1. The zero-order chi connectivity index (χ0) is 14.4. The molecule has 0 saturated heterocycles. The monoisotopic (exact) mass is 286 g/mol. The Labute approximate surface area is 121 Å². The molecule has 2 N–H and O–H groups in total. The predicted octanol–water partition coefficient (Wildman–Crippen LogP) is 3.23. The summed E-state index contributed by atoms with van der Waals surface area (Å²) in [6.45, 7) is 1.78. The molecule has 6 heteroatoms. The van der Waals surface area contributed by atoms with Gasteiger partial charge in [0.15, 0.2) is 0 Å². The lowest BCUT2D eigenvalue weighted by Gasteiger charge is -2.09. The Bertz CT molecular complexity index is 618. The number of anilines is 1. The maximum absolute atomic E-state index is 11.7. The summed E-state index contributed by atoms with van der Waals surface area (Å²) in [5, 5.41) is 14.6. The molecule has 0 fully saturated rings. The fourth-order valence-corrected chi connectivity index (χ4v) is 2.30. The van der Waals surface area contributed by atoms with E-state index in [1.807, 2.05) is 42.5 Å². The van der Waals surface area contributed by atoms with E-state index in [1.165, 1.54) is 11.5 Å². The van der Waals surface area contributed by atoms with Crippen LogP contribution in [0.1, 0.15) is 13.3 Å². The van der Waals surface area contributed by atoms with E-state index in [1.54, 1.807) is 6.92 Å². The van der Waals surface area contributed by atoms with E-state index < -0.39 is 0 Å². The molecule has 2 amide bonds. The normalized spacial score (nSPS) is 11.4. The molecule has 0 aliphatic rings. The maximum atomic E-state index is 11.7. The average Bonchev–Trinajstić information content (AvgIpc) is 2.88. The Morgan fingerprint density at radius 2 is 2.20 bits per heavy atom. The second-order valence-corrected chi connectivity index (χ2v) is 5.11. The third-order valence-electron chi connectivity index (χ3n) is 2.59. The maximum Gasteiger partial charge on any atom is 0.320 e. The predicted molar refractivity (Wildman–Crippen MR) is 79.4 cm³/mol. The van der Waals surface area contributed by atoms with Crippen molar-refractivity contribution in [2.24, 2.45) is 0 Å². The van der Waals surface area contributed by atoms with E-state index in [4.69, 9.17) is 5.26 Å². The molecule has 1 heterocycles. The largest absolute Gasteiger partial charge is 0.334 e. The summed E-state index contributed by atoms with van der Waals surface area (Å²) in [6, 6.07) is 13.1. The van der Waals surface area contributed by atoms with Gasteiger partial charge in [0, 0.05) is 17.7 Å². The van der Waals surface area contributed by atoms with Crippen molar-refractivity contribution in [3.05, 3.63) is 36.4 Å². The molecule has 0 unspecified atom stereocenters. The van der Waals surface area contributed by atoms with Gasteiger partial charge in [-0.3, -0.25) is 5.32 Å². The minimum absolute atomic E-state index is 0.179. The minimum atomic E-state index is -0.323. The van der Waals surface area contributed by atoms with Crippen LogP contribution in [-0.2, 0) is 0 Å². The first-order chi connectivity index (χ1) is 9.69. The summed E-state index contributed by atoms with van der Waals surface area (Å²) >= 11 is 1.23. The summed E-state index contributed by atoms with van der Waals surface area (Å²) < 4.78 is 4.30. The van der Waals surface area contributed by atoms with Crippen molar-refractivity contribution in [2.45, 2.75) is 19.4 Å². The van der Waals surface area contributed by atoms with Crippen LogP contribution in [-0.4, -0.2) is 16.4 Å². The molecule has 0 radical (unpaired) electrons. The van der Waals surface area contributed by atoms with Crippen LogP contribution in [0.2, 0.25) is 0 Å². The van der Waals surface area contributed by atoms with Gasteiger partial charge in [-0.2, -0.15) is 9.64 Å². The highest BCUT2D eigenvalue weighted by molar-refractivity contribution is 7.10. The van der Waals surface area contributed by atoms with Crippen molar-refractivity contribution in [2.75, 3.05) is 5.32 Å². The third-order valence-corrected chi connectivity index (χ3v) is 3.30. The lowest BCUT2D eigenvalue weighted by Crippen LogP contribution is -2.35. The van der Waals surface area contributed by atoms with Crippen LogP contribution < -0.4 is 10.6 Å². The van der Waals surface area contributed by atoms with E-state index in [0.29, 0.717) is 5.00 Å². The van der Waals surface area contributed by atoms with Gasteiger partial charge in [-0.25, -0.2) is 4.79 Å². The fourth-order valence-electron chi connectivity index (χ4n) is 1.64. The first kappa shape index (κ1) is 14.0. The smallest absolute Gasteiger partial charge is 0.320 e. The number of amides is 2. The summed E-state index contributed by atoms with van der Waals surface area (Å²) in [7, 11) is 0. The molecule has 102 valence electrons. The number of aromatic nitrogens is 1. The lowest BCUT2D eigenvalue weighted by atomic mass is 10.2. The van der Waals surface area contributed by atoms with Gasteiger partial charge < -0.3 is 5.32 Å². The van der Waals surface area contributed by atoms with E-state index in [2.05, 4.69) is 15.0 Å². The van der Waals surface area contributed by atoms with Gasteiger partial charge in [-0.15, -0.1) is 0 Å². The zero-order valence-electron chi connectivity index (χ0n) is 11.0. The van der Waals surface area contributed by atoms with Gasteiger partial charge in [0.05, 0.1) is 18.2 Å². The summed E-state index contributed by atoms with van der Waals surface area (Å²) in [4.78, 5) is 11.7. The number of benzene rings is 1. The Hall–Kier alpha value is -2.39. The minimum Gasteiger partial charge on any atom is -0.334 e. The first-order valence-corrected chi connectivity index (χ1v) is 6.93. The Balaban J connectivity index is 1.97. The van der Waals surface area contributed by atoms with Gasteiger partial charge in [0.2, 0.25) is 0 Å². The number of hydrogen-bond acceptors (Lipinski definition) is 4. The number of carbonyl (C=O) groups is 1. The molecular formula is C14H14N4OS. The molecule has 20 heavy (non-hydrogen) atoms. The molecule has 2 aromatic rings. The second kappa shape index (κ2) is 6.68. The molecule has 0 aliphatic heterocycles. The van der Waals surface area contributed by atoms with Crippen LogP contribution in [0.3, 0.4) is 0 Å². The van der Waals surface area contributed by atoms with Gasteiger partial charge in [-0.05, 0) is 18.5 Å². The van der Waals surface area contributed by atoms with Gasteiger partial charge in [0.25, 0.3) is 0 Å². The van der Waals surface area contributed by atoms with Crippen LogP contribution in [0.15, 0.2) is 36.4 Å². The molecule has 0 aliphatic carbocycles. The lowest BCUT2D eigenvalue weighted by molar-refractivity contribution is 0.249. The number of hydrogen-bond donors (Lipinski definition) is 2. The number of nitrogens with zero attached hydrogens (tertiary/aromatic N) is 2. The van der Waals surface area contributed by atoms with Crippen LogP contribution in [0.4, 0.5) is 9.80 Å². The van der Waals surface area contributed by atoms with Crippen molar-refractivity contribution in [1.82, 2.24) is 9.69 Å². The van der Waals surface area contributed by atoms with E-state index >= 15 is 0 Å². The number of rotatable bonds is 4. The summed E-state index contributed by atoms with van der Waals surface area (Å²) in [5.41, 5.74) is 1.84. The van der Waals surface area contributed by atoms with Crippen LogP contribution in [0.25, 0.3) is 11.3 Å². The van der Waals surface area contributed by atoms with E-state index in [-0.39, 0.29) is 18.5 Å². The quantitative estimate of drug-likeness (QED) is 0.905. The fraction of sp³-hybridized carbons (Fsp3) is 0.214. The highest BCUT2D eigenvalue weighted by Gasteiger charge is 2.09. The van der Waals surface area contributed by atoms with E-state index in [9.17, 15) is 4.79 Å². The standard InChI is InChI=1S/C14H14N4OS/c1-10(7-8-15)16-14(19)17-13-9-12(18-20-13)11-5-3-2-4-6-11/h2-6,9-10H,7H2,1H3,(H2,16,17,19)/t10-/m1/s1. The molecule has 0 bridgehead atoms. The second-order valence-electron chi connectivity index (χ2n) is 4.30. The molecule has 2 rings (SSSR count). The molecule has 5 nitrogen and oxygen atoms in total. The Kier molecular flexibility index (Phi) is 4.69. The van der Waals surface area contributed by atoms with Crippen molar-refractivity contribution in [3.63, 3.8) is 0 Å². The van der Waals surface area contributed by atoms with Crippen molar-refractivity contribution >= 4 is 22.6 Å². The molecule has 0 saturated carbocycles. The van der Waals surface area contributed by atoms with Crippen LogP contribution in [0.5, 0.6) is 0 Å². The number of nitriles is 1. The SMILES string of the molecule is C[C@H](CC#N)NC(=O)Nc1cc(-c2ccccc2)ns1. The Morgan fingerprint density at radius 1 is 1.45 bits per heavy atom. The van der Waals surface area contributed by atoms with Crippen LogP contribution in [0, 0.1) is 11.3 Å². The van der Waals surface area contributed by atoms with Crippen molar-refractivity contribution in [3.8, 4) is 17.3 Å². The molecule has 0 spiro atoms. The van der Waals surface area contributed by atoms with Gasteiger partial charge in [-0.1, -0.05) is 30.3 Å². The first-order valence-electron chi connectivity index (χ1n) is 6.15. The zero-order valence-corrected chi connectivity index (χ0v) is 11.8. The van der Waals surface area contributed by atoms with Crippen molar-refractivity contribution in [1.29, 1.82) is 5.26 Å². The summed E-state index contributed by atoms with van der Waals surface area (Å²) in [6.07, 6.45) is 0.283. The van der Waals surface area contributed by atoms with Gasteiger partial charge >= 0.3 is 6.03 Å². The van der Waals surface area contributed by atoms with Crippen molar-refractivity contribution < 1.29 is 4.79 Å². The molecular weight excluding hydrogens is 272 g/mol.